The van der Waals surface area contributed by atoms with Crippen LogP contribution in [0.3, 0.4) is 0 Å². The number of ether oxygens (including phenoxy) is 1. The summed E-state index contributed by atoms with van der Waals surface area (Å²) in [7, 11) is 1.98. The normalized spacial score (nSPS) is 18.5. The monoisotopic (exact) mass is 564 g/mol. The van der Waals surface area contributed by atoms with Crippen LogP contribution in [0.1, 0.15) is 29.3 Å². The van der Waals surface area contributed by atoms with E-state index in [0.29, 0.717) is 43.8 Å². The lowest BCUT2D eigenvalue weighted by Gasteiger charge is -2.28. The molecule has 39 heavy (non-hydrogen) atoms. The van der Waals surface area contributed by atoms with Gasteiger partial charge in [-0.05, 0) is 42.4 Å². The smallest absolute Gasteiger partial charge is 0.304 e. The lowest BCUT2D eigenvalue weighted by Crippen LogP contribution is -2.50. The van der Waals surface area contributed by atoms with E-state index in [1.807, 2.05) is 35.2 Å². The molecule has 1 heterocycles. The average Bonchev–Trinajstić information content (AvgIpc) is 3.63. The number of nitrogens with zero attached hydrogens (tertiary/aromatic N) is 4. The van der Waals surface area contributed by atoms with Crippen LogP contribution in [0.15, 0.2) is 42.5 Å². The number of aromatic nitrogens is 1. The lowest BCUT2D eigenvalue weighted by atomic mass is 10.00. The highest BCUT2D eigenvalue weighted by molar-refractivity contribution is 7.90. The van der Waals surface area contributed by atoms with E-state index >= 15 is 0 Å². The van der Waals surface area contributed by atoms with E-state index in [1.165, 1.54) is 27.2 Å². The quantitative estimate of drug-likeness (QED) is 0.340. The molecule has 216 valence electrons. The van der Waals surface area contributed by atoms with Gasteiger partial charge in [0, 0.05) is 46.9 Å². The van der Waals surface area contributed by atoms with Crippen molar-refractivity contribution in [1.29, 1.82) is 0 Å². The van der Waals surface area contributed by atoms with Crippen LogP contribution in [0, 0.1) is 11.8 Å². The van der Waals surface area contributed by atoms with Gasteiger partial charge in [-0.3, -0.25) is 4.79 Å². The number of nitrogens with one attached hydrogen (secondary N) is 1. The van der Waals surface area contributed by atoms with Gasteiger partial charge in [0.05, 0.1) is 18.7 Å². The third-order valence-corrected chi connectivity index (χ3v) is 8.92. The summed E-state index contributed by atoms with van der Waals surface area (Å²) in [6.07, 6.45) is 1.44. The first kappa shape index (κ1) is 30.7. The van der Waals surface area contributed by atoms with Gasteiger partial charge in [0.25, 0.3) is 5.91 Å². The van der Waals surface area contributed by atoms with Gasteiger partial charge in [0.1, 0.15) is 18.3 Å². The summed E-state index contributed by atoms with van der Waals surface area (Å²) >= 11 is 0. The number of alkyl halides is 1. The van der Waals surface area contributed by atoms with E-state index < -0.39 is 34.9 Å². The fraction of sp³-hybridized carbons (Fsp3) is 0.556. The van der Waals surface area contributed by atoms with Crippen molar-refractivity contribution >= 4 is 27.8 Å². The minimum absolute atomic E-state index is 0.0898. The van der Waals surface area contributed by atoms with Crippen molar-refractivity contribution in [3.63, 3.8) is 0 Å². The summed E-state index contributed by atoms with van der Waals surface area (Å²) in [5.74, 6) is 1.12. The first-order valence-electron chi connectivity index (χ1n) is 13.1. The Balaban J connectivity index is 1.99. The fourth-order valence-corrected chi connectivity index (χ4v) is 5.11. The molecule has 0 saturated heterocycles. The predicted molar refractivity (Wildman–Crippen MR) is 152 cm³/mol. The molecule has 0 spiro atoms. The van der Waals surface area contributed by atoms with E-state index in [-0.39, 0.29) is 11.4 Å². The molecular weight excluding hydrogens is 523 g/mol. The number of halogens is 1. The maximum atomic E-state index is 13.6. The summed E-state index contributed by atoms with van der Waals surface area (Å²) in [5, 5.41) is 2.88. The van der Waals surface area contributed by atoms with Crippen LogP contribution >= 0.6 is 0 Å². The van der Waals surface area contributed by atoms with Crippen LogP contribution in [0.25, 0.3) is 0 Å². The van der Waals surface area contributed by atoms with E-state index in [0.717, 1.165) is 20.6 Å². The molecule has 1 aromatic carbocycles. The Kier molecular flexibility index (Phi) is 10.6. The molecule has 12 heteroatoms. The number of rotatable bonds is 15. The van der Waals surface area contributed by atoms with Gasteiger partial charge < -0.3 is 20.7 Å². The van der Waals surface area contributed by atoms with Crippen LogP contribution in [0.5, 0.6) is 0 Å². The molecule has 3 N–H and O–H groups in total. The van der Waals surface area contributed by atoms with Crippen molar-refractivity contribution in [3.05, 3.63) is 53.6 Å². The molecule has 0 bridgehead atoms. The highest BCUT2D eigenvalue weighted by atomic mass is 32.2. The molecule has 1 aliphatic rings. The van der Waals surface area contributed by atoms with Gasteiger partial charge in [-0.1, -0.05) is 37.3 Å². The van der Waals surface area contributed by atoms with Crippen LogP contribution in [0.4, 0.5) is 16.0 Å². The number of amides is 1. The lowest BCUT2D eigenvalue weighted by molar-refractivity contribution is 0.0928. The van der Waals surface area contributed by atoms with Gasteiger partial charge in [0.15, 0.2) is 0 Å². The Morgan fingerprint density at radius 1 is 1.21 bits per heavy atom. The maximum absolute atomic E-state index is 13.6. The Bertz CT molecular complexity index is 1200. The van der Waals surface area contributed by atoms with E-state index in [9.17, 15) is 17.6 Å². The van der Waals surface area contributed by atoms with Crippen LogP contribution < -0.4 is 20.3 Å². The zero-order valence-electron chi connectivity index (χ0n) is 23.4. The molecule has 1 aliphatic carbocycles. The first-order valence-corrected chi connectivity index (χ1v) is 14.5. The number of hydrogen-bond acceptors (Lipinski definition) is 7. The number of anilines is 2. The molecule has 1 fully saturated rings. The Morgan fingerprint density at radius 3 is 2.41 bits per heavy atom. The second kappa shape index (κ2) is 13.5. The summed E-state index contributed by atoms with van der Waals surface area (Å²) in [6.45, 7) is 3.03. The first-order chi connectivity index (χ1) is 18.5. The molecule has 1 aromatic heterocycles. The third kappa shape index (κ3) is 8.10. The number of carbonyl (C=O) groups is 1. The van der Waals surface area contributed by atoms with E-state index in [2.05, 4.69) is 17.2 Å². The zero-order valence-corrected chi connectivity index (χ0v) is 24.2. The highest BCUT2D eigenvalue weighted by Crippen LogP contribution is 2.39. The average molecular weight is 565 g/mol. The Hall–Kier alpha value is -2.80. The SMILES string of the molecule is COCCN(CC1CC1C)c1cc(C(=O)N[C@@H](Cc2ccccc2)[C@@H](N)CF)cc(N(C)S(=O)(=O)N(C)C)n1. The molecule has 1 saturated carbocycles. The van der Waals surface area contributed by atoms with Crippen LogP contribution in [0.2, 0.25) is 0 Å². The van der Waals surface area contributed by atoms with Crippen molar-refractivity contribution in [2.24, 2.45) is 17.6 Å². The molecule has 0 aliphatic heterocycles. The van der Waals surface area contributed by atoms with Crippen LogP contribution in [-0.2, 0) is 21.4 Å². The summed E-state index contributed by atoms with van der Waals surface area (Å²) in [4.78, 5) is 20.2. The van der Waals surface area contributed by atoms with Gasteiger partial charge in [0.2, 0.25) is 0 Å². The molecule has 10 nitrogen and oxygen atoms in total. The minimum atomic E-state index is -3.87. The van der Waals surface area contributed by atoms with Gasteiger partial charge in [-0.2, -0.15) is 12.7 Å². The van der Waals surface area contributed by atoms with Gasteiger partial charge >= 0.3 is 10.2 Å². The molecule has 4 atom stereocenters. The molecule has 0 radical (unpaired) electrons. The third-order valence-electron chi connectivity index (χ3n) is 7.12. The van der Waals surface area contributed by atoms with Crippen molar-refractivity contribution in [3.8, 4) is 0 Å². The molecular formula is C27H41FN6O4S. The molecule has 3 rings (SSSR count). The summed E-state index contributed by atoms with van der Waals surface area (Å²) in [6, 6.07) is 10.9. The summed E-state index contributed by atoms with van der Waals surface area (Å²) in [5.41, 5.74) is 7.16. The second-order valence-electron chi connectivity index (χ2n) is 10.3. The zero-order chi connectivity index (χ0) is 28.7. The molecule has 2 unspecified atom stereocenters. The highest BCUT2D eigenvalue weighted by Gasteiger charge is 2.35. The number of benzene rings is 1. The van der Waals surface area contributed by atoms with Crippen molar-refractivity contribution in [2.45, 2.75) is 31.8 Å². The number of methoxy groups -OCH3 is 1. The Morgan fingerprint density at radius 2 is 1.85 bits per heavy atom. The largest absolute Gasteiger partial charge is 0.383 e. The topological polar surface area (TPSA) is 121 Å². The molecule has 2 aromatic rings. The number of hydrogen-bond donors (Lipinski definition) is 2. The maximum Gasteiger partial charge on any atom is 0.304 e. The van der Waals surface area contributed by atoms with Gasteiger partial charge in [-0.25, -0.2) is 13.7 Å². The fourth-order valence-electron chi connectivity index (χ4n) is 4.29. The van der Waals surface area contributed by atoms with Crippen molar-refractivity contribution in [1.82, 2.24) is 14.6 Å². The minimum Gasteiger partial charge on any atom is -0.383 e. The number of carbonyl (C=O) groups excluding carboxylic acids is 1. The van der Waals surface area contributed by atoms with E-state index in [1.54, 1.807) is 13.2 Å². The standard InChI is InChI=1S/C27H41FN6O4S/c1-19-13-22(19)18-34(11-12-38-5)26-16-21(15-25(31-26)33(4)39(36,37)32(2)3)27(35)30-24(23(29)17-28)14-20-9-7-6-8-10-20/h6-10,15-16,19,22-24H,11-14,17-18,29H2,1-5H3,(H,30,35)/t19?,22?,23-,24-/m0/s1. The van der Waals surface area contributed by atoms with Crippen LogP contribution in [-0.4, -0.2) is 90.3 Å². The predicted octanol–water partition coefficient (Wildman–Crippen LogP) is 2.07. The number of pyridine rings is 1. The van der Waals surface area contributed by atoms with Crippen molar-refractivity contribution in [2.75, 3.05) is 63.8 Å². The van der Waals surface area contributed by atoms with Gasteiger partial charge in [-0.15, -0.1) is 0 Å². The summed E-state index contributed by atoms with van der Waals surface area (Å²) < 4.78 is 46.9. The Labute approximate surface area is 231 Å². The molecule has 1 amide bonds. The second-order valence-corrected chi connectivity index (χ2v) is 12.5. The van der Waals surface area contributed by atoms with Crippen molar-refractivity contribution < 1.29 is 22.3 Å². The van der Waals surface area contributed by atoms with E-state index in [4.69, 9.17) is 10.5 Å². The number of nitrogens with two attached hydrogens (primary N) is 1.